The topological polar surface area (TPSA) is 75.7 Å². The normalized spacial score (nSPS) is 12.1. The van der Waals surface area contributed by atoms with E-state index < -0.39 is 34.2 Å². The summed E-state index contributed by atoms with van der Waals surface area (Å²) < 4.78 is 69.9. The third-order valence-electron chi connectivity index (χ3n) is 4.11. The van der Waals surface area contributed by atoms with Crippen LogP contribution in [0.15, 0.2) is 47.4 Å². The van der Waals surface area contributed by atoms with Gasteiger partial charge in [0.15, 0.2) is 0 Å². The monoisotopic (exact) mass is 430 g/mol. The predicted molar refractivity (Wildman–Crippen MR) is 102 cm³/mol. The molecule has 1 N–H and O–H groups in total. The van der Waals surface area contributed by atoms with Gasteiger partial charge in [-0.3, -0.25) is 4.79 Å². The van der Waals surface area contributed by atoms with Crippen LogP contribution in [0.4, 0.5) is 18.9 Å². The Morgan fingerprint density at radius 1 is 1.14 bits per heavy atom. The van der Waals surface area contributed by atoms with Crippen LogP contribution in [0.3, 0.4) is 0 Å². The van der Waals surface area contributed by atoms with Crippen LogP contribution in [0.25, 0.3) is 0 Å². The van der Waals surface area contributed by atoms with E-state index in [4.69, 9.17) is 4.74 Å². The number of aryl methyl sites for hydroxylation is 1. The lowest BCUT2D eigenvalue weighted by molar-refractivity contribution is -0.137. The summed E-state index contributed by atoms with van der Waals surface area (Å²) in [7, 11) is -2.69. The molecule has 0 unspecified atom stereocenters. The highest BCUT2D eigenvalue weighted by atomic mass is 32.2. The first kappa shape index (κ1) is 22.7. The highest BCUT2D eigenvalue weighted by Crippen LogP contribution is 2.30. The van der Waals surface area contributed by atoms with Crippen molar-refractivity contribution < 1.29 is 31.1 Å². The summed E-state index contributed by atoms with van der Waals surface area (Å²) in [6.45, 7) is 2.81. The second-order valence-corrected chi connectivity index (χ2v) is 8.12. The summed E-state index contributed by atoms with van der Waals surface area (Å²) >= 11 is 0. The molecule has 6 nitrogen and oxygen atoms in total. The molecule has 0 saturated carbocycles. The lowest BCUT2D eigenvalue weighted by Gasteiger charge is -2.21. The fourth-order valence-electron chi connectivity index (χ4n) is 2.59. The number of carbonyl (C=O) groups excluding carboxylic acids is 1. The average Bonchev–Trinajstić information content (AvgIpc) is 2.65. The lowest BCUT2D eigenvalue weighted by Crippen LogP contribution is -2.38. The number of nitrogens with zero attached hydrogens (tertiary/aromatic N) is 1. The van der Waals surface area contributed by atoms with Gasteiger partial charge in [0.1, 0.15) is 10.6 Å². The van der Waals surface area contributed by atoms with Gasteiger partial charge in [-0.2, -0.15) is 17.5 Å². The molecule has 0 aliphatic rings. The number of nitrogens with one attached hydrogen (secondary N) is 1. The van der Waals surface area contributed by atoms with Gasteiger partial charge < -0.3 is 10.1 Å². The van der Waals surface area contributed by atoms with Crippen molar-refractivity contribution in [3.05, 3.63) is 53.6 Å². The minimum Gasteiger partial charge on any atom is -0.495 e. The molecule has 0 aromatic heterocycles. The molecular weight excluding hydrogens is 409 g/mol. The fourth-order valence-corrected chi connectivity index (χ4v) is 4.24. The number of alkyl halides is 3. The van der Waals surface area contributed by atoms with Crippen LogP contribution in [-0.2, 0) is 21.0 Å². The second kappa shape index (κ2) is 8.83. The summed E-state index contributed by atoms with van der Waals surface area (Å²) in [5.74, 6) is -0.529. The molecule has 2 rings (SSSR count). The quantitative estimate of drug-likeness (QED) is 0.727. The number of hydrogen-bond donors (Lipinski definition) is 1. The molecule has 0 heterocycles. The van der Waals surface area contributed by atoms with Crippen molar-refractivity contribution in [3.8, 4) is 5.75 Å². The standard InChI is InChI=1S/C19H21F3N2O4S/c1-4-24(29(26,27)17-11-13(2)5-10-16(17)28-3)12-18(25)23-15-8-6-14(7-9-15)19(20,21)22/h5-11H,4,12H2,1-3H3,(H,23,25). The number of hydrogen-bond acceptors (Lipinski definition) is 4. The van der Waals surface area contributed by atoms with Crippen molar-refractivity contribution in [2.75, 3.05) is 25.5 Å². The highest BCUT2D eigenvalue weighted by molar-refractivity contribution is 7.89. The minimum absolute atomic E-state index is 0.0138. The zero-order valence-corrected chi connectivity index (χ0v) is 16.9. The Hall–Kier alpha value is -2.59. The number of carbonyl (C=O) groups is 1. The maximum atomic E-state index is 13.0. The maximum absolute atomic E-state index is 13.0. The maximum Gasteiger partial charge on any atom is 0.416 e. The molecule has 2 aromatic carbocycles. The van der Waals surface area contributed by atoms with Crippen LogP contribution in [-0.4, -0.2) is 38.8 Å². The van der Waals surface area contributed by atoms with Gasteiger partial charge in [0.2, 0.25) is 15.9 Å². The van der Waals surface area contributed by atoms with E-state index >= 15 is 0 Å². The lowest BCUT2D eigenvalue weighted by atomic mass is 10.2. The van der Waals surface area contributed by atoms with Crippen molar-refractivity contribution in [2.24, 2.45) is 0 Å². The van der Waals surface area contributed by atoms with Crippen LogP contribution in [0.2, 0.25) is 0 Å². The van der Waals surface area contributed by atoms with E-state index in [0.717, 1.165) is 28.6 Å². The Balaban J connectivity index is 2.18. The molecule has 0 fully saturated rings. The fraction of sp³-hybridized carbons (Fsp3) is 0.316. The summed E-state index contributed by atoms with van der Waals surface area (Å²) in [5.41, 5.74) is -0.0148. The van der Waals surface area contributed by atoms with Crippen LogP contribution in [0, 0.1) is 6.92 Å². The molecule has 0 aliphatic carbocycles. The molecule has 0 saturated heterocycles. The second-order valence-electron chi connectivity index (χ2n) is 6.21. The summed E-state index contributed by atoms with van der Waals surface area (Å²) in [4.78, 5) is 12.2. The Labute approximate surface area is 167 Å². The number of benzene rings is 2. The number of rotatable bonds is 7. The molecule has 0 spiro atoms. The molecule has 10 heteroatoms. The van der Waals surface area contributed by atoms with E-state index in [2.05, 4.69) is 5.32 Å². The molecule has 1 amide bonds. The van der Waals surface area contributed by atoms with Crippen molar-refractivity contribution in [1.82, 2.24) is 4.31 Å². The van der Waals surface area contributed by atoms with Crippen molar-refractivity contribution >= 4 is 21.6 Å². The Kier molecular flexibility index (Phi) is 6.91. The van der Waals surface area contributed by atoms with E-state index in [1.54, 1.807) is 19.9 Å². The predicted octanol–water partition coefficient (Wildman–Crippen LogP) is 3.67. The third-order valence-corrected chi connectivity index (χ3v) is 6.05. The first-order chi connectivity index (χ1) is 13.5. The average molecular weight is 430 g/mol. The van der Waals surface area contributed by atoms with Gasteiger partial charge in [-0.25, -0.2) is 8.42 Å². The number of anilines is 1. The van der Waals surface area contributed by atoms with Crippen molar-refractivity contribution in [3.63, 3.8) is 0 Å². The molecular formula is C19H21F3N2O4S. The van der Waals surface area contributed by atoms with Gasteiger partial charge in [-0.15, -0.1) is 0 Å². The molecule has 0 aliphatic heterocycles. The van der Waals surface area contributed by atoms with Crippen LogP contribution < -0.4 is 10.1 Å². The number of likely N-dealkylation sites (N-methyl/N-ethyl adjacent to an activating group) is 1. The van der Waals surface area contributed by atoms with Gasteiger partial charge in [0.25, 0.3) is 0 Å². The molecule has 158 valence electrons. The smallest absolute Gasteiger partial charge is 0.416 e. The summed E-state index contributed by atoms with van der Waals surface area (Å²) in [6.07, 6.45) is -4.48. The van der Waals surface area contributed by atoms with E-state index in [-0.39, 0.29) is 22.9 Å². The molecule has 0 atom stereocenters. The van der Waals surface area contributed by atoms with E-state index in [9.17, 15) is 26.4 Å². The first-order valence-corrected chi connectivity index (χ1v) is 10.0. The summed E-state index contributed by atoms with van der Waals surface area (Å²) in [6, 6.07) is 8.56. The Morgan fingerprint density at radius 2 is 1.76 bits per heavy atom. The van der Waals surface area contributed by atoms with Gasteiger partial charge in [0, 0.05) is 12.2 Å². The van der Waals surface area contributed by atoms with Gasteiger partial charge in [0.05, 0.1) is 19.2 Å². The molecule has 29 heavy (non-hydrogen) atoms. The number of methoxy groups -OCH3 is 1. The van der Waals surface area contributed by atoms with E-state index in [1.807, 2.05) is 0 Å². The third kappa shape index (κ3) is 5.48. The molecule has 2 aromatic rings. The number of ether oxygens (including phenoxy) is 1. The van der Waals surface area contributed by atoms with Crippen LogP contribution in [0.1, 0.15) is 18.1 Å². The number of sulfonamides is 1. The Bertz CT molecular complexity index is 974. The SMILES string of the molecule is CCN(CC(=O)Nc1ccc(C(F)(F)F)cc1)S(=O)(=O)c1cc(C)ccc1OC. The van der Waals surface area contributed by atoms with E-state index in [1.165, 1.54) is 19.2 Å². The molecule has 0 radical (unpaired) electrons. The van der Waals surface area contributed by atoms with E-state index in [0.29, 0.717) is 5.56 Å². The van der Waals surface area contributed by atoms with Crippen molar-refractivity contribution in [2.45, 2.75) is 24.9 Å². The zero-order valence-electron chi connectivity index (χ0n) is 16.1. The Morgan fingerprint density at radius 3 is 2.28 bits per heavy atom. The summed E-state index contributed by atoms with van der Waals surface area (Å²) in [5, 5.41) is 2.41. The first-order valence-electron chi connectivity index (χ1n) is 8.61. The van der Waals surface area contributed by atoms with Gasteiger partial charge in [-0.05, 0) is 48.9 Å². The van der Waals surface area contributed by atoms with Gasteiger partial charge in [-0.1, -0.05) is 13.0 Å². The van der Waals surface area contributed by atoms with Gasteiger partial charge >= 0.3 is 6.18 Å². The van der Waals surface area contributed by atoms with Crippen LogP contribution in [0.5, 0.6) is 5.75 Å². The molecule has 0 bridgehead atoms. The van der Waals surface area contributed by atoms with Crippen LogP contribution >= 0.6 is 0 Å². The highest BCUT2D eigenvalue weighted by Gasteiger charge is 2.30. The number of halogens is 3. The largest absolute Gasteiger partial charge is 0.495 e. The number of amides is 1. The zero-order chi connectivity index (χ0) is 21.8. The minimum atomic E-state index is -4.48. The van der Waals surface area contributed by atoms with Crippen molar-refractivity contribution in [1.29, 1.82) is 0 Å².